The molecule has 0 saturated heterocycles. The zero-order valence-electron chi connectivity index (χ0n) is 17.0. The molecule has 2 nitrogen and oxygen atoms in total. The molecule has 0 aliphatic rings. The van der Waals surface area contributed by atoms with Crippen LogP contribution in [-0.4, -0.2) is 9.97 Å². The van der Waals surface area contributed by atoms with Crippen LogP contribution in [0.3, 0.4) is 0 Å². The Morgan fingerprint density at radius 3 is 2.10 bits per heavy atom. The van der Waals surface area contributed by atoms with Gasteiger partial charge in [0.2, 0.25) is 0 Å². The maximum atomic E-state index is 4.87. The molecule has 0 atom stereocenters. The fraction of sp³-hybridized carbons (Fsp3) is 0.0370. The second kappa shape index (κ2) is 8.80. The molecule has 0 radical (unpaired) electrons. The second-order valence-electron chi connectivity index (χ2n) is 7.32. The summed E-state index contributed by atoms with van der Waals surface area (Å²) in [7, 11) is 0. The van der Waals surface area contributed by atoms with Crippen molar-refractivity contribution in [3.63, 3.8) is 0 Å². The van der Waals surface area contributed by atoms with Gasteiger partial charge in [0, 0.05) is 40.0 Å². The Bertz CT molecular complexity index is 1320. The third-order valence-corrected chi connectivity index (χ3v) is 6.54. The minimum atomic E-state index is 0.943. The average Bonchev–Trinajstić information content (AvgIpc) is 3.53. The van der Waals surface area contributed by atoms with Gasteiger partial charge in [-0.25, -0.2) is 0 Å². The SMILES string of the molecule is Cc1cc(-c2ncc(-c3ccsc3)cc2/C=C/c2ccccc2)cnc1-c1ccsc1. The van der Waals surface area contributed by atoms with Crippen LogP contribution < -0.4 is 0 Å². The lowest BCUT2D eigenvalue weighted by molar-refractivity contribution is 1.24. The molecule has 0 spiro atoms. The monoisotopic (exact) mass is 436 g/mol. The van der Waals surface area contributed by atoms with Crippen LogP contribution in [0.4, 0.5) is 0 Å². The zero-order valence-corrected chi connectivity index (χ0v) is 18.7. The molecule has 4 heteroatoms. The lowest BCUT2D eigenvalue weighted by atomic mass is 10.00. The first-order valence-corrected chi connectivity index (χ1v) is 11.9. The first kappa shape index (κ1) is 19.6. The molecule has 0 aliphatic carbocycles. The topological polar surface area (TPSA) is 25.8 Å². The zero-order chi connectivity index (χ0) is 21.0. The first-order valence-electron chi connectivity index (χ1n) is 10.0. The van der Waals surface area contributed by atoms with E-state index in [4.69, 9.17) is 9.97 Å². The normalized spacial score (nSPS) is 11.3. The Morgan fingerprint density at radius 2 is 1.39 bits per heavy atom. The smallest absolute Gasteiger partial charge is 0.0790 e. The van der Waals surface area contributed by atoms with Crippen molar-refractivity contribution in [2.45, 2.75) is 6.92 Å². The molecule has 0 fully saturated rings. The van der Waals surface area contributed by atoms with E-state index in [0.29, 0.717) is 0 Å². The lowest BCUT2D eigenvalue weighted by Gasteiger charge is -2.10. The van der Waals surface area contributed by atoms with Crippen LogP contribution in [-0.2, 0) is 0 Å². The molecular weight excluding hydrogens is 416 g/mol. The molecule has 0 amide bonds. The van der Waals surface area contributed by atoms with Crippen LogP contribution in [0.15, 0.2) is 88.5 Å². The third-order valence-electron chi connectivity index (χ3n) is 5.17. The van der Waals surface area contributed by atoms with Gasteiger partial charge >= 0.3 is 0 Å². The van der Waals surface area contributed by atoms with Gasteiger partial charge in [0.1, 0.15) is 0 Å². The summed E-state index contributed by atoms with van der Waals surface area (Å²) in [6, 6.07) is 19.0. The largest absolute Gasteiger partial charge is 0.255 e. The summed E-state index contributed by atoms with van der Waals surface area (Å²) in [5.41, 5.74) is 9.88. The van der Waals surface area contributed by atoms with E-state index in [0.717, 1.165) is 39.2 Å². The second-order valence-corrected chi connectivity index (χ2v) is 8.88. The number of hydrogen-bond donors (Lipinski definition) is 0. The molecule has 1 aromatic carbocycles. The van der Waals surface area contributed by atoms with Gasteiger partial charge in [0.25, 0.3) is 0 Å². The minimum absolute atomic E-state index is 0.943. The molecule has 5 aromatic rings. The van der Waals surface area contributed by atoms with Crippen molar-refractivity contribution >= 4 is 34.8 Å². The molecular formula is C27H20N2S2. The molecule has 5 rings (SSSR count). The number of thiophene rings is 2. The van der Waals surface area contributed by atoms with E-state index in [2.05, 4.69) is 89.1 Å². The molecule has 4 aromatic heterocycles. The third kappa shape index (κ3) is 4.26. The number of aromatic nitrogens is 2. The van der Waals surface area contributed by atoms with Crippen molar-refractivity contribution < 1.29 is 0 Å². The Hall–Kier alpha value is -3.34. The summed E-state index contributed by atoms with van der Waals surface area (Å²) in [6.45, 7) is 2.11. The number of rotatable bonds is 5. The van der Waals surface area contributed by atoms with Crippen LogP contribution in [0.2, 0.25) is 0 Å². The Kier molecular flexibility index (Phi) is 5.57. The highest BCUT2D eigenvalue weighted by molar-refractivity contribution is 7.08. The van der Waals surface area contributed by atoms with Gasteiger partial charge in [-0.3, -0.25) is 9.97 Å². The number of benzene rings is 1. The van der Waals surface area contributed by atoms with Gasteiger partial charge in [-0.15, -0.1) is 0 Å². The highest BCUT2D eigenvalue weighted by Gasteiger charge is 2.11. The predicted octanol–water partition coefficient (Wildman–Crippen LogP) is 8.08. The van der Waals surface area contributed by atoms with Gasteiger partial charge in [-0.05, 0) is 64.0 Å². The quantitative estimate of drug-likeness (QED) is 0.278. The molecule has 0 N–H and O–H groups in total. The molecule has 31 heavy (non-hydrogen) atoms. The number of nitrogens with zero attached hydrogens (tertiary/aromatic N) is 2. The Balaban J connectivity index is 1.59. The first-order chi connectivity index (χ1) is 15.3. The van der Waals surface area contributed by atoms with Gasteiger partial charge in [0.15, 0.2) is 0 Å². The average molecular weight is 437 g/mol. The van der Waals surface area contributed by atoms with Gasteiger partial charge in [-0.2, -0.15) is 22.7 Å². The fourth-order valence-corrected chi connectivity index (χ4v) is 4.90. The molecule has 0 saturated carbocycles. The van der Waals surface area contributed by atoms with Gasteiger partial charge in [-0.1, -0.05) is 42.5 Å². The maximum Gasteiger partial charge on any atom is 0.0790 e. The van der Waals surface area contributed by atoms with E-state index in [1.807, 2.05) is 18.5 Å². The van der Waals surface area contributed by atoms with E-state index in [9.17, 15) is 0 Å². The number of aryl methyl sites for hydroxylation is 1. The summed E-state index contributed by atoms with van der Waals surface area (Å²) in [6.07, 6.45) is 8.18. The van der Waals surface area contributed by atoms with Crippen LogP contribution >= 0.6 is 22.7 Å². The van der Waals surface area contributed by atoms with Crippen LogP contribution in [0.5, 0.6) is 0 Å². The van der Waals surface area contributed by atoms with Crippen molar-refractivity contribution in [3.05, 3.63) is 105 Å². The molecule has 150 valence electrons. The van der Waals surface area contributed by atoms with E-state index in [1.54, 1.807) is 22.7 Å². The van der Waals surface area contributed by atoms with E-state index in [1.165, 1.54) is 11.1 Å². The fourth-order valence-electron chi connectivity index (χ4n) is 3.59. The van der Waals surface area contributed by atoms with Crippen molar-refractivity contribution in [1.82, 2.24) is 9.97 Å². The molecule has 0 unspecified atom stereocenters. The van der Waals surface area contributed by atoms with E-state index >= 15 is 0 Å². The number of hydrogen-bond acceptors (Lipinski definition) is 4. The van der Waals surface area contributed by atoms with Crippen molar-refractivity contribution in [2.24, 2.45) is 0 Å². The summed E-state index contributed by atoms with van der Waals surface area (Å²) in [5, 5.41) is 8.47. The summed E-state index contributed by atoms with van der Waals surface area (Å²) in [5.74, 6) is 0. The van der Waals surface area contributed by atoms with Gasteiger partial charge < -0.3 is 0 Å². The molecule has 0 bridgehead atoms. The van der Waals surface area contributed by atoms with E-state index < -0.39 is 0 Å². The summed E-state index contributed by atoms with van der Waals surface area (Å²) in [4.78, 5) is 9.64. The summed E-state index contributed by atoms with van der Waals surface area (Å²) >= 11 is 3.39. The highest BCUT2D eigenvalue weighted by atomic mass is 32.1. The van der Waals surface area contributed by atoms with Crippen molar-refractivity contribution in [3.8, 4) is 33.6 Å². The van der Waals surface area contributed by atoms with E-state index in [-0.39, 0.29) is 0 Å². The minimum Gasteiger partial charge on any atom is -0.255 e. The highest BCUT2D eigenvalue weighted by Crippen LogP contribution is 2.31. The summed E-state index contributed by atoms with van der Waals surface area (Å²) < 4.78 is 0. The Morgan fingerprint density at radius 1 is 0.677 bits per heavy atom. The van der Waals surface area contributed by atoms with Gasteiger partial charge in [0.05, 0.1) is 11.4 Å². The van der Waals surface area contributed by atoms with Crippen LogP contribution in [0.1, 0.15) is 16.7 Å². The molecule has 4 heterocycles. The van der Waals surface area contributed by atoms with Crippen molar-refractivity contribution in [1.29, 1.82) is 0 Å². The van der Waals surface area contributed by atoms with Crippen molar-refractivity contribution in [2.75, 3.05) is 0 Å². The predicted molar refractivity (Wildman–Crippen MR) is 134 cm³/mol. The van der Waals surface area contributed by atoms with Crippen LogP contribution in [0, 0.1) is 6.92 Å². The Labute approximate surface area is 190 Å². The standard InChI is InChI=1S/C27H20N2S2/c1-19-13-25(16-28-26(19)23-10-12-31-18-23)27-21(8-7-20-5-3-2-4-6-20)14-24(15-29-27)22-9-11-30-17-22/h2-18H,1H3/b8-7+. The maximum absolute atomic E-state index is 4.87. The number of pyridine rings is 2. The van der Waals surface area contributed by atoms with Crippen LogP contribution in [0.25, 0.3) is 45.8 Å². The molecule has 0 aliphatic heterocycles. The lowest BCUT2D eigenvalue weighted by Crippen LogP contribution is -1.94.